The van der Waals surface area contributed by atoms with Gasteiger partial charge in [0, 0.05) is 42.6 Å². The van der Waals surface area contributed by atoms with Gasteiger partial charge in [0.2, 0.25) is 5.95 Å². The van der Waals surface area contributed by atoms with Gasteiger partial charge in [-0.25, -0.2) is 9.97 Å². The maximum atomic E-state index is 13.8. The third kappa shape index (κ3) is 7.47. The summed E-state index contributed by atoms with van der Waals surface area (Å²) in [6, 6.07) is 6.72. The lowest BCUT2D eigenvalue weighted by Crippen LogP contribution is -2.28. The molecule has 0 atom stereocenters. The van der Waals surface area contributed by atoms with Crippen molar-refractivity contribution in [2.75, 3.05) is 18.1 Å². The van der Waals surface area contributed by atoms with E-state index in [1.54, 1.807) is 36.8 Å². The Morgan fingerprint density at radius 1 is 1.00 bits per heavy atom. The van der Waals surface area contributed by atoms with Crippen LogP contribution in [-0.2, 0) is 36.5 Å². The monoisotopic (exact) mass is 580 g/mol. The van der Waals surface area contributed by atoms with E-state index in [2.05, 4.69) is 15.0 Å². The average Bonchev–Trinajstić information content (AvgIpc) is 3.30. The molecule has 7 nitrogen and oxygen atoms in total. The first kappa shape index (κ1) is 29.7. The first-order chi connectivity index (χ1) is 19.3. The van der Waals surface area contributed by atoms with Crippen molar-refractivity contribution in [3.05, 3.63) is 82.8 Å². The van der Waals surface area contributed by atoms with Gasteiger partial charge in [0.25, 0.3) is 0 Å². The molecule has 0 saturated carbocycles. The molecule has 0 unspecified atom stereocenters. The minimum Gasteiger partial charge on any atom is -0.494 e. The summed E-state index contributed by atoms with van der Waals surface area (Å²) in [7, 11) is 0. The molecular formula is C28H26F6N4O3. The maximum absolute atomic E-state index is 13.8. The van der Waals surface area contributed by atoms with Gasteiger partial charge in [-0.2, -0.15) is 26.3 Å². The number of nitrogens with one attached hydrogen (secondary N) is 1. The van der Waals surface area contributed by atoms with Crippen LogP contribution in [0.4, 0.5) is 32.3 Å². The molecule has 0 aliphatic carbocycles. The summed E-state index contributed by atoms with van der Waals surface area (Å²) in [6.45, 7) is 1.79. The topological polar surface area (TPSA) is 91.3 Å². The number of carboxylic acid groups (broad SMARTS) is 1. The van der Waals surface area contributed by atoms with E-state index in [0.29, 0.717) is 35.6 Å². The third-order valence-corrected chi connectivity index (χ3v) is 6.41. The Balaban J connectivity index is 1.52. The van der Waals surface area contributed by atoms with Crippen molar-refractivity contribution in [3.63, 3.8) is 0 Å². The average molecular weight is 581 g/mol. The number of hydrogen-bond acceptors (Lipinski definition) is 5. The highest BCUT2D eigenvalue weighted by Gasteiger charge is 2.38. The maximum Gasteiger partial charge on any atom is 0.416 e. The molecule has 0 saturated heterocycles. The van der Waals surface area contributed by atoms with Crippen LogP contribution in [0.1, 0.15) is 41.2 Å². The van der Waals surface area contributed by atoms with Crippen molar-refractivity contribution in [3.8, 4) is 5.75 Å². The number of carbonyl (C=O) groups is 1. The molecule has 4 rings (SSSR count). The number of nitrogens with zero attached hydrogens (tertiary/aromatic N) is 3. The summed E-state index contributed by atoms with van der Waals surface area (Å²) in [5.41, 5.74) is -0.972. The number of halogens is 6. The summed E-state index contributed by atoms with van der Waals surface area (Å²) in [6.07, 6.45) is -4.44. The number of ether oxygens (including phenoxy) is 1. The van der Waals surface area contributed by atoms with Crippen LogP contribution in [-0.4, -0.2) is 39.2 Å². The number of rotatable bonds is 11. The minimum atomic E-state index is -5.01. The van der Waals surface area contributed by atoms with Crippen molar-refractivity contribution in [1.82, 2.24) is 15.0 Å². The quantitative estimate of drug-likeness (QED) is 0.152. The SMILES string of the molecule is CCc1cnc(N(CCCOc2ccc3[nH]cc(CC(=O)O)c3c2)Cc2ccc(C(F)(F)F)cc2C(F)(F)F)nc1. The van der Waals surface area contributed by atoms with Crippen LogP contribution in [0.5, 0.6) is 5.75 Å². The van der Waals surface area contributed by atoms with E-state index in [-0.39, 0.29) is 43.7 Å². The highest BCUT2D eigenvalue weighted by molar-refractivity contribution is 5.88. The van der Waals surface area contributed by atoms with Gasteiger partial charge in [0.05, 0.1) is 24.2 Å². The summed E-state index contributed by atoms with van der Waals surface area (Å²) >= 11 is 0. The van der Waals surface area contributed by atoms with Gasteiger partial charge in [0.15, 0.2) is 0 Å². The largest absolute Gasteiger partial charge is 0.494 e. The van der Waals surface area contributed by atoms with Crippen molar-refractivity contribution in [2.24, 2.45) is 0 Å². The molecule has 2 heterocycles. The fraction of sp³-hybridized carbons (Fsp3) is 0.321. The number of alkyl halides is 6. The predicted molar refractivity (Wildman–Crippen MR) is 139 cm³/mol. The first-order valence-corrected chi connectivity index (χ1v) is 12.6. The Bertz CT molecular complexity index is 1500. The zero-order valence-corrected chi connectivity index (χ0v) is 21.8. The molecule has 0 spiro atoms. The fourth-order valence-corrected chi connectivity index (χ4v) is 4.31. The van der Waals surface area contributed by atoms with Gasteiger partial charge in [0.1, 0.15) is 5.75 Å². The van der Waals surface area contributed by atoms with Crippen LogP contribution in [0.2, 0.25) is 0 Å². The molecule has 0 bridgehead atoms. The van der Waals surface area contributed by atoms with Gasteiger partial charge in [-0.05, 0) is 59.9 Å². The molecule has 2 aromatic carbocycles. The van der Waals surface area contributed by atoms with E-state index in [0.717, 1.165) is 17.1 Å². The van der Waals surface area contributed by atoms with E-state index in [1.807, 2.05) is 6.92 Å². The van der Waals surface area contributed by atoms with Gasteiger partial charge < -0.3 is 19.7 Å². The van der Waals surface area contributed by atoms with Gasteiger partial charge in [-0.15, -0.1) is 0 Å². The number of carboxylic acids is 1. The number of hydrogen-bond donors (Lipinski definition) is 2. The summed E-state index contributed by atoms with van der Waals surface area (Å²) < 4.78 is 86.6. The Morgan fingerprint density at radius 3 is 2.37 bits per heavy atom. The third-order valence-electron chi connectivity index (χ3n) is 6.41. The van der Waals surface area contributed by atoms with Crippen molar-refractivity contribution in [1.29, 1.82) is 0 Å². The Hall–Kier alpha value is -4.29. The lowest BCUT2D eigenvalue weighted by molar-refractivity contribution is -0.143. The first-order valence-electron chi connectivity index (χ1n) is 12.6. The molecule has 0 radical (unpaired) electrons. The molecule has 41 heavy (non-hydrogen) atoms. The van der Waals surface area contributed by atoms with Crippen LogP contribution in [0.3, 0.4) is 0 Å². The Kier molecular flexibility index (Phi) is 8.74. The normalized spacial score (nSPS) is 12.1. The summed E-state index contributed by atoms with van der Waals surface area (Å²) in [5, 5.41) is 9.80. The van der Waals surface area contributed by atoms with Crippen LogP contribution in [0, 0.1) is 0 Å². The number of aromatic amines is 1. The number of aryl methyl sites for hydroxylation is 1. The smallest absolute Gasteiger partial charge is 0.416 e. The lowest BCUT2D eigenvalue weighted by Gasteiger charge is -2.25. The second kappa shape index (κ2) is 12.1. The second-order valence-electron chi connectivity index (χ2n) is 9.33. The summed E-state index contributed by atoms with van der Waals surface area (Å²) in [5.74, 6) is -0.378. The number of fused-ring (bicyclic) bond motifs is 1. The number of anilines is 1. The standard InChI is InChI=1S/C28H26F6N4O3/c1-2-17-13-36-26(37-14-17)38(16-18-4-5-20(27(29,30)31)11-23(18)28(32,33)34)8-3-9-41-21-6-7-24-22(12-21)19(15-35-24)10-25(39)40/h4-7,11-15,35H,2-3,8-10,16H2,1H3,(H,39,40). The minimum absolute atomic E-state index is 0.118. The highest BCUT2D eigenvalue weighted by atomic mass is 19.4. The zero-order chi connectivity index (χ0) is 29.8. The molecule has 13 heteroatoms. The number of aliphatic carboxylic acids is 1. The van der Waals surface area contributed by atoms with Crippen LogP contribution < -0.4 is 9.64 Å². The number of H-pyrrole nitrogens is 1. The second-order valence-corrected chi connectivity index (χ2v) is 9.33. The molecule has 2 N–H and O–H groups in total. The van der Waals surface area contributed by atoms with Gasteiger partial charge in [-0.3, -0.25) is 4.79 Å². The van der Waals surface area contributed by atoms with E-state index >= 15 is 0 Å². The molecule has 0 aliphatic rings. The fourth-order valence-electron chi connectivity index (χ4n) is 4.31. The molecule has 218 valence electrons. The molecule has 0 aliphatic heterocycles. The molecule has 0 amide bonds. The van der Waals surface area contributed by atoms with Crippen molar-refractivity contribution < 1.29 is 41.0 Å². The lowest BCUT2D eigenvalue weighted by atomic mass is 10.0. The van der Waals surface area contributed by atoms with Crippen LogP contribution in [0.25, 0.3) is 10.9 Å². The molecule has 4 aromatic rings. The zero-order valence-electron chi connectivity index (χ0n) is 21.8. The Labute approximate surface area is 230 Å². The van der Waals surface area contributed by atoms with Crippen LogP contribution >= 0.6 is 0 Å². The van der Waals surface area contributed by atoms with Crippen molar-refractivity contribution >= 4 is 22.8 Å². The van der Waals surface area contributed by atoms with Gasteiger partial charge >= 0.3 is 18.3 Å². The molecule has 2 aromatic heterocycles. The number of aromatic nitrogens is 3. The predicted octanol–water partition coefficient (Wildman–Crippen LogP) is 6.66. The van der Waals surface area contributed by atoms with E-state index < -0.39 is 29.4 Å². The molecule has 0 fully saturated rings. The Morgan fingerprint density at radius 2 is 1.73 bits per heavy atom. The van der Waals surface area contributed by atoms with E-state index in [1.165, 1.54) is 4.90 Å². The molecular weight excluding hydrogens is 554 g/mol. The summed E-state index contributed by atoms with van der Waals surface area (Å²) in [4.78, 5) is 24.1. The number of benzene rings is 2. The van der Waals surface area contributed by atoms with E-state index in [4.69, 9.17) is 9.84 Å². The van der Waals surface area contributed by atoms with E-state index in [9.17, 15) is 31.1 Å². The van der Waals surface area contributed by atoms with Crippen molar-refractivity contribution in [2.45, 2.75) is 45.1 Å². The van der Waals surface area contributed by atoms with Crippen LogP contribution in [0.15, 0.2) is 55.0 Å². The van der Waals surface area contributed by atoms with Gasteiger partial charge in [-0.1, -0.05) is 13.0 Å². The highest BCUT2D eigenvalue weighted by Crippen LogP contribution is 2.38.